The molecule has 34 heavy (non-hydrogen) atoms. The van der Waals surface area contributed by atoms with E-state index in [-0.39, 0.29) is 30.2 Å². The number of imide groups is 1. The van der Waals surface area contributed by atoms with Crippen LogP contribution in [-0.2, 0) is 34.1 Å². The summed E-state index contributed by atoms with van der Waals surface area (Å²) in [6.07, 6.45) is -1.17. The molecule has 2 aliphatic rings. The number of benzene rings is 1. The molecule has 15 heteroatoms. The van der Waals surface area contributed by atoms with E-state index in [0.717, 1.165) is 0 Å². The lowest BCUT2D eigenvalue weighted by Gasteiger charge is -2.41. The standard InChI is InChI=1S/C19H20N2O11P2/c1-12-4-5-15(30-18(23)21-11-29-10-16(21)22)14(7-12)17-31-33(25,26)19(24,34(27,28)32-17)8-13-3-2-6-20-9-13/h2-7,9,17,24H,8,10-11H2,1H3,(H,25,26)(H,27,28). The van der Waals surface area contributed by atoms with Crippen LogP contribution in [0.3, 0.4) is 0 Å². The van der Waals surface area contributed by atoms with Crippen LogP contribution in [0.25, 0.3) is 0 Å². The second-order valence-electron chi connectivity index (χ2n) is 7.60. The number of aliphatic hydroxyl groups is 1. The fourth-order valence-corrected chi connectivity index (χ4v) is 6.88. The number of carbonyl (C=O) groups excluding carboxylic acids is 2. The number of hydrogen-bond acceptors (Lipinski definition) is 10. The number of aromatic nitrogens is 1. The topological polar surface area (TPSA) is 182 Å². The molecule has 2 atom stereocenters. The minimum atomic E-state index is -5.25. The summed E-state index contributed by atoms with van der Waals surface area (Å²) in [6.45, 7) is 1.00. The first kappa shape index (κ1) is 24.6. The summed E-state index contributed by atoms with van der Waals surface area (Å²) in [5, 5.41) is 7.66. The molecule has 2 amide bonds. The highest BCUT2D eigenvalue weighted by molar-refractivity contribution is 7.73. The zero-order valence-electron chi connectivity index (χ0n) is 17.6. The van der Waals surface area contributed by atoms with Crippen LogP contribution in [0, 0.1) is 6.92 Å². The predicted molar refractivity (Wildman–Crippen MR) is 112 cm³/mol. The lowest BCUT2D eigenvalue weighted by molar-refractivity contribution is -0.125. The van der Waals surface area contributed by atoms with Crippen LogP contribution in [0.1, 0.15) is 23.0 Å². The van der Waals surface area contributed by atoms with Gasteiger partial charge in [0.15, 0.2) is 0 Å². The van der Waals surface area contributed by atoms with Gasteiger partial charge < -0.3 is 24.4 Å². The van der Waals surface area contributed by atoms with E-state index in [1.807, 2.05) is 0 Å². The average Bonchev–Trinajstić information content (AvgIpc) is 3.20. The van der Waals surface area contributed by atoms with Gasteiger partial charge in [-0.2, -0.15) is 0 Å². The number of pyridine rings is 1. The minimum absolute atomic E-state index is 0.182. The molecule has 3 N–H and O–H groups in total. The predicted octanol–water partition coefficient (Wildman–Crippen LogP) is 2.01. The molecular formula is C19H20N2O11P2. The van der Waals surface area contributed by atoms with Crippen LogP contribution in [-0.4, -0.2) is 55.2 Å². The van der Waals surface area contributed by atoms with Crippen LogP contribution in [0.15, 0.2) is 42.7 Å². The highest BCUT2D eigenvalue weighted by Gasteiger charge is 2.67. The number of amides is 2. The second kappa shape index (κ2) is 8.95. The van der Waals surface area contributed by atoms with E-state index >= 15 is 0 Å². The first-order valence-corrected chi connectivity index (χ1v) is 12.9. The smallest absolute Gasteiger partial charge is 0.409 e. The quantitative estimate of drug-likeness (QED) is 0.506. The van der Waals surface area contributed by atoms with E-state index in [0.29, 0.717) is 10.5 Å². The molecule has 13 nitrogen and oxygen atoms in total. The molecule has 0 saturated carbocycles. The molecule has 4 rings (SSSR count). The van der Waals surface area contributed by atoms with Gasteiger partial charge in [-0.15, -0.1) is 0 Å². The van der Waals surface area contributed by atoms with Gasteiger partial charge in [0.25, 0.3) is 11.0 Å². The molecule has 2 aliphatic heterocycles. The highest BCUT2D eigenvalue weighted by Crippen LogP contribution is 2.79. The average molecular weight is 514 g/mol. The monoisotopic (exact) mass is 514 g/mol. The van der Waals surface area contributed by atoms with E-state index in [2.05, 4.69) is 4.98 Å². The zero-order chi connectivity index (χ0) is 24.7. The Morgan fingerprint density at radius 3 is 2.56 bits per heavy atom. The van der Waals surface area contributed by atoms with Crippen LogP contribution < -0.4 is 4.74 Å². The Balaban J connectivity index is 1.66. The normalized spacial score (nSPS) is 31.5. The van der Waals surface area contributed by atoms with Crippen molar-refractivity contribution in [2.45, 2.75) is 24.7 Å². The third kappa shape index (κ3) is 4.45. The van der Waals surface area contributed by atoms with Gasteiger partial charge in [-0.3, -0.25) is 28.0 Å². The lowest BCUT2D eigenvalue weighted by Crippen LogP contribution is -2.38. The number of rotatable bonds is 4. The molecule has 0 bridgehead atoms. The van der Waals surface area contributed by atoms with Gasteiger partial charge in [0.2, 0.25) is 6.29 Å². The first-order valence-electron chi connectivity index (χ1n) is 9.78. The van der Waals surface area contributed by atoms with Crippen molar-refractivity contribution >= 4 is 27.2 Å². The summed E-state index contributed by atoms with van der Waals surface area (Å²) in [4.78, 5) is 49.7. The zero-order valence-corrected chi connectivity index (χ0v) is 19.4. The first-order chi connectivity index (χ1) is 15.9. The Morgan fingerprint density at radius 2 is 1.97 bits per heavy atom. The molecule has 0 spiro atoms. The maximum absolute atomic E-state index is 13.0. The Bertz CT molecular complexity index is 1200. The van der Waals surface area contributed by atoms with E-state index in [1.165, 1.54) is 42.7 Å². The Kier molecular flexibility index (Phi) is 6.49. The molecule has 1 aromatic carbocycles. The molecule has 0 aliphatic carbocycles. The summed E-state index contributed by atoms with van der Waals surface area (Å²) in [6, 6.07) is 7.05. The van der Waals surface area contributed by atoms with Crippen molar-refractivity contribution in [3.8, 4) is 5.75 Å². The van der Waals surface area contributed by atoms with Gasteiger partial charge in [-0.25, -0.2) is 9.69 Å². The van der Waals surface area contributed by atoms with Crippen molar-refractivity contribution in [1.29, 1.82) is 0 Å². The third-order valence-corrected chi connectivity index (χ3v) is 9.73. The van der Waals surface area contributed by atoms with E-state index < -0.39 is 45.0 Å². The Morgan fingerprint density at radius 1 is 1.26 bits per heavy atom. The van der Waals surface area contributed by atoms with Crippen molar-refractivity contribution in [3.63, 3.8) is 0 Å². The van der Waals surface area contributed by atoms with E-state index in [4.69, 9.17) is 18.5 Å². The van der Waals surface area contributed by atoms with Gasteiger partial charge in [0.05, 0.1) is 5.56 Å². The van der Waals surface area contributed by atoms with Gasteiger partial charge in [-0.05, 0) is 30.7 Å². The molecule has 2 fully saturated rings. The van der Waals surface area contributed by atoms with Gasteiger partial charge >= 0.3 is 21.3 Å². The number of ether oxygens (including phenoxy) is 2. The molecule has 0 radical (unpaired) electrons. The fraction of sp³-hybridized carbons (Fsp3) is 0.316. The van der Waals surface area contributed by atoms with Crippen LogP contribution in [0.5, 0.6) is 5.75 Å². The summed E-state index contributed by atoms with van der Waals surface area (Å²) < 4.78 is 46.3. The van der Waals surface area contributed by atoms with Crippen LogP contribution in [0.4, 0.5) is 4.79 Å². The fourth-order valence-electron chi connectivity index (χ4n) is 3.32. The highest BCUT2D eigenvalue weighted by atomic mass is 31.2. The lowest BCUT2D eigenvalue weighted by atomic mass is 10.1. The van der Waals surface area contributed by atoms with Gasteiger partial charge in [0.1, 0.15) is 19.1 Å². The largest absolute Gasteiger partial charge is 0.424 e. The van der Waals surface area contributed by atoms with E-state index in [9.17, 15) is 33.6 Å². The number of aryl methyl sites for hydroxylation is 1. The summed E-state index contributed by atoms with van der Waals surface area (Å²) in [5.41, 5.74) is 0.550. The van der Waals surface area contributed by atoms with Crippen molar-refractivity contribution in [2.24, 2.45) is 0 Å². The molecule has 3 heterocycles. The summed E-state index contributed by atoms with van der Waals surface area (Å²) in [7, 11) is -10.5. The summed E-state index contributed by atoms with van der Waals surface area (Å²) >= 11 is 0. The van der Waals surface area contributed by atoms with Crippen molar-refractivity contribution < 1.29 is 52.1 Å². The van der Waals surface area contributed by atoms with E-state index in [1.54, 1.807) is 6.92 Å². The molecule has 182 valence electrons. The van der Waals surface area contributed by atoms with Crippen molar-refractivity contribution in [1.82, 2.24) is 9.88 Å². The maximum Gasteiger partial charge on any atom is 0.424 e. The van der Waals surface area contributed by atoms with Crippen LogP contribution >= 0.6 is 15.2 Å². The molecule has 2 saturated heterocycles. The Hall–Kier alpha value is -2.47. The van der Waals surface area contributed by atoms with Crippen molar-refractivity contribution in [2.75, 3.05) is 13.3 Å². The minimum Gasteiger partial charge on any atom is -0.409 e. The van der Waals surface area contributed by atoms with Crippen LogP contribution in [0.2, 0.25) is 0 Å². The second-order valence-corrected chi connectivity index (χ2v) is 11.9. The molecule has 1 aromatic heterocycles. The maximum atomic E-state index is 13.0. The number of hydrogen-bond donors (Lipinski definition) is 3. The SMILES string of the molecule is Cc1ccc(OC(=O)N2COCC2=O)c(C2OP(=O)(O)C(O)(Cc3cccnc3)P(=O)(O)O2)c1. The number of carbonyl (C=O) groups is 2. The number of nitrogens with zero attached hydrogens (tertiary/aromatic N) is 2. The third-order valence-electron chi connectivity index (χ3n) is 5.13. The molecule has 2 unspecified atom stereocenters. The molecule has 2 aromatic rings. The molecular weight excluding hydrogens is 494 g/mol. The summed E-state index contributed by atoms with van der Waals surface area (Å²) in [5.74, 6) is -0.901. The van der Waals surface area contributed by atoms with Crippen molar-refractivity contribution in [3.05, 3.63) is 59.4 Å². The van der Waals surface area contributed by atoms with Gasteiger partial charge in [0, 0.05) is 18.8 Å². The Labute approximate surface area is 192 Å². The van der Waals surface area contributed by atoms with Gasteiger partial charge in [-0.1, -0.05) is 17.7 Å².